The first-order valence-electron chi connectivity index (χ1n) is 13.8. The fraction of sp³-hybridized carbons (Fsp3) is 0.500. The van der Waals surface area contributed by atoms with E-state index < -0.39 is 24.6 Å². The molecular weight excluding hydrogens is 515 g/mol. The molecule has 0 fully saturated rings. The molecule has 9 nitrogen and oxygen atoms in total. The fourth-order valence-electron chi connectivity index (χ4n) is 4.14. The number of hydrogen-bond acceptors (Lipinski definition) is 6. The lowest BCUT2D eigenvalue weighted by molar-refractivity contribution is -0.143. The highest BCUT2D eigenvalue weighted by Gasteiger charge is 2.33. The lowest BCUT2D eigenvalue weighted by Crippen LogP contribution is -2.57. The van der Waals surface area contributed by atoms with Gasteiger partial charge in [0.1, 0.15) is 24.2 Å². The molecule has 0 saturated heterocycles. The summed E-state index contributed by atoms with van der Waals surface area (Å²) in [5.41, 5.74) is 2.14. The third kappa shape index (κ3) is 10.6. The zero-order valence-electron chi connectivity index (χ0n) is 23.9. The molecule has 4 N–H and O–H groups in total. The van der Waals surface area contributed by atoms with Gasteiger partial charge in [0.15, 0.2) is 0 Å². The number of carbonyl (C=O) groups is 3. The summed E-state index contributed by atoms with van der Waals surface area (Å²) < 4.78 is 18.0. The van der Waals surface area contributed by atoms with Crippen molar-refractivity contribution in [3.63, 3.8) is 0 Å². The highest BCUT2D eigenvalue weighted by atomic mass is 19.1. The number of rotatable bonds is 3. The van der Waals surface area contributed by atoms with Gasteiger partial charge >= 0.3 is 0 Å². The lowest BCUT2D eigenvalue weighted by atomic mass is 9.97. The molecule has 3 atom stereocenters. The van der Waals surface area contributed by atoms with Gasteiger partial charge in [-0.3, -0.25) is 14.4 Å². The van der Waals surface area contributed by atoms with Crippen LogP contribution in [0.15, 0.2) is 48.5 Å². The van der Waals surface area contributed by atoms with Crippen molar-refractivity contribution in [2.45, 2.75) is 52.1 Å². The van der Waals surface area contributed by atoms with Gasteiger partial charge in [-0.2, -0.15) is 0 Å². The molecular formula is C30H43FN4O5. The zero-order valence-corrected chi connectivity index (χ0v) is 23.9. The number of hydrogen-bond donors (Lipinski definition) is 4. The largest absolute Gasteiger partial charge is 0.492 e. The predicted octanol–water partition coefficient (Wildman–Crippen LogP) is 2.20. The van der Waals surface area contributed by atoms with Crippen molar-refractivity contribution in [3.8, 4) is 5.75 Å². The highest BCUT2D eigenvalue weighted by molar-refractivity contribution is 5.92. The van der Waals surface area contributed by atoms with Crippen LogP contribution in [0.4, 0.5) is 4.39 Å². The lowest BCUT2D eigenvalue weighted by Gasteiger charge is -2.32. The minimum absolute atomic E-state index is 0.0102. The molecule has 1 aliphatic rings. The van der Waals surface area contributed by atoms with E-state index in [1.165, 1.54) is 24.1 Å². The van der Waals surface area contributed by atoms with Crippen LogP contribution in [-0.2, 0) is 20.8 Å². The monoisotopic (exact) mass is 558 g/mol. The molecule has 1 heterocycles. The minimum atomic E-state index is -1.08. The van der Waals surface area contributed by atoms with Crippen LogP contribution in [0, 0.1) is 18.7 Å². The molecule has 10 heteroatoms. The second-order valence-corrected chi connectivity index (χ2v) is 9.89. The summed E-state index contributed by atoms with van der Waals surface area (Å²) in [5, 5.41) is 18.3. The van der Waals surface area contributed by atoms with E-state index in [0.29, 0.717) is 19.7 Å². The molecule has 0 radical (unpaired) electrons. The first kappa shape index (κ1) is 32.7. The molecule has 2 aromatic carbocycles. The van der Waals surface area contributed by atoms with Crippen molar-refractivity contribution in [2.24, 2.45) is 5.92 Å². The Kier molecular flexibility index (Phi) is 14.1. The average Bonchev–Trinajstić information content (AvgIpc) is 2.96. The number of carbonyl (C=O) groups excluding carboxylic acids is 3. The number of halogens is 1. The Hall–Kier alpha value is -3.50. The Bertz CT molecular complexity index is 1060. The van der Waals surface area contributed by atoms with E-state index in [1.807, 2.05) is 45.0 Å². The van der Waals surface area contributed by atoms with E-state index in [-0.39, 0.29) is 30.1 Å². The summed E-state index contributed by atoms with van der Waals surface area (Å²) >= 11 is 0. The molecule has 1 aliphatic heterocycles. The maximum Gasteiger partial charge on any atom is 0.245 e. The van der Waals surface area contributed by atoms with E-state index in [4.69, 9.17) is 4.74 Å². The zero-order chi connectivity index (χ0) is 29.5. The van der Waals surface area contributed by atoms with Crippen molar-refractivity contribution in [3.05, 3.63) is 65.5 Å². The molecule has 0 aliphatic carbocycles. The normalized spacial score (nSPS) is 20.4. The molecule has 0 bridgehead atoms. The third-order valence-corrected chi connectivity index (χ3v) is 6.85. The number of aliphatic hydroxyl groups is 1. The molecule has 3 amide bonds. The number of amides is 3. The molecule has 220 valence electrons. The van der Waals surface area contributed by atoms with Crippen LogP contribution in [-0.4, -0.2) is 79.7 Å². The number of ether oxygens (including phenoxy) is 1. The molecule has 2 aromatic rings. The van der Waals surface area contributed by atoms with E-state index in [0.717, 1.165) is 36.1 Å². The van der Waals surface area contributed by atoms with E-state index in [1.54, 1.807) is 12.1 Å². The molecule has 40 heavy (non-hydrogen) atoms. The molecule has 0 aromatic heterocycles. The number of likely N-dealkylation sites (N-methyl/N-ethyl adjacent to an activating group) is 1. The van der Waals surface area contributed by atoms with Gasteiger partial charge in [0, 0.05) is 20.1 Å². The Labute approximate surface area is 236 Å². The van der Waals surface area contributed by atoms with Crippen molar-refractivity contribution in [2.75, 3.05) is 39.9 Å². The fourth-order valence-corrected chi connectivity index (χ4v) is 4.14. The maximum absolute atomic E-state index is 13.2. The Morgan fingerprint density at radius 2 is 1.77 bits per heavy atom. The first-order chi connectivity index (χ1) is 19.2. The average molecular weight is 559 g/mol. The molecule has 0 saturated carbocycles. The van der Waals surface area contributed by atoms with Gasteiger partial charge in [0.25, 0.3) is 0 Å². The number of nitrogens with one attached hydrogen (secondary N) is 3. The Morgan fingerprint density at radius 1 is 1.07 bits per heavy atom. The second kappa shape index (κ2) is 17.2. The van der Waals surface area contributed by atoms with Crippen LogP contribution < -0.4 is 20.7 Å². The van der Waals surface area contributed by atoms with Crippen LogP contribution in [0.5, 0.6) is 5.75 Å². The SMILES string of the molecule is CCC(C)C1NCCOc2ccccc2CCCNC(=O)CNC(=O)C(CO)N(C)C1=O.Cc1ccc(F)cc1. The number of fused-ring (bicyclic) bond motifs is 1. The Balaban J connectivity index is 0.000000598. The van der Waals surface area contributed by atoms with Gasteiger partial charge in [-0.05, 0) is 49.4 Å². The van der Waals surface area contributed by atoms with Gasteiger partial charge in [0.2, 0.25) is 17.7 Å². The Morgan fingerprint density at radius 3 is 2.42 bits per heavy atom. The van der Waals surface area contributed by atoms with Crippen molar-refractivity contribution >= 4 is 17.7 Å². The molecule has 3 unspecified atom stereocenters. The van der Waals surface area contributed by atoms with Gasteiger partial charge in [-0.15, -0.1) is 0 Å². The van der Waals surface area contributed by atoms with Crippen molar-refractivity contribution in [1.82, 2.24) is 20.9 Å². The summed E-state index contributed by atoms with van der Waals surface area (Å²) in [6.45, 7) is 6.42. The van der Waals surface area contributed by atoms with Crippen LogP contribution in [0.1, 0.15) is 37.8 Å². The van der Waals surface area contributed by atoms with E-state index in [2.05, 4.69) is 16.0 Å². The minimum Gasteiger partial charge on any atom is -0.492 e. The summed E-state index contributed by atoms with van der Waals surface area (Å²) in [6.07, 6.45) is 2.23. The first-order valence-corrected chi connectivity index (χ1v) is 13.8. The highest BCUT2D eigenvalue weighted by Crippen LogP contribution is 2.19. The van der Waals surface area contributed by atoms with Gasteiger partial charge in [0.05, 0.1) is 19.2 Å². The van der Waals surface area contributed by atoms with Crippen LogP contribution in [0.2, 0.25) is 0 Å². The second-order valence-electron chi connectivity index (χ2n) is 9.89. The summed E-state index contributed by atoms with van der Waals surface area (Å²) in [4.78, 5) is 39.0. The topological polar surface area (TPSA) is 120 Å². The maximum atomic E-state index is 13.2. The van der Waals surface area contributed by atoms with E-state index >= 15 is 0 Å². The number of aryl methyl sites for hydroxylation is 2. The smallest absolute Gasteiger partial charge is 0.245 e. The van der Waals surface area contributed by atoms with Crippen LogP contribution >= 0.6 is 0 Å². The van der Waals surface area contributed by atoms with Crippen LogP contribution in [0.25, 0.3) is 0 Å². The van der Waals surface area contributed by atoms with Crippen molar-refractivity contribution < 1.29 is 28.6 Å². The predicted molar refractivity (Wildman–Crippen MR) is 152 cm³/mol. The quantitative estimate of drug-likeness (QED) is 0.459. The van der Waals surface area contributed by atoms with Crippen molar-refractivity contribution in [1.29, 1.82) is 0 Å². The van der Waals surface area contributed by atoms with Gasteiger partial charge < -0.3 is 30.7 Å². The summed E-state index contributed by atoms with van der Waals surface area (Å²) in [5.74, 6) is -0.558. The summed E-state index contributed by atoms with van der Waals surface area (Å²) in [6, 6.07) is 12.6. The number of para-hydroxylation sites is 1. The van der Waals surface area contributed by atoms with Gasteiger partial charge in [-0.1, -0.05) is 56.2 Å². The van der Waals surface area contributed by atoms with E-state index in [9.17, 15) is 23.9 Å². The third-order valence-electron chi connectivity index (χ3n) is 6.85. The number of aliphatic hydroxyl groups excluding tert-OH is 1. The molecule has 0 spiro atoms. The molecule has 3 rings (SSSR count). The van der Waals surface area contributed by atoms with Crippen LogP contribution in [0.3, 0.4) is 0 Å². The number of benzene rings is 2. The summed E-state index contributed by atoms with van der Waals surface area (Å²) in [7, 11) is 1.49. The van der Waals surface area contributed by atoms with Gasteiger partial charge in [-0.25, -0.2) is 4.39 Å². The number of nitrogens with zero attached hydrogens (tertiary/aromatic N) is 1. The standard InChI is InChI=1S/C23H36N4O5.C7H7F/c1-4-16(2)21-23(31)27(3)18(15-28)22(30)26-14-20(29)24-11-7-9-17-8-5-6-10-19(17)32-13-12-25-21;1-6-2-4-7(8)5-3-6/h5-6,8,10,16,18,21,25,28H,4,7,9,11-15H2,1-3H3,(H,24,29)(H,26,30);2-5H,1H3.